The highest BCUT2D eigenvalue weighted by molar-refractivity contribution is 7.52. The van der Waals surface area contributed by atoms with Crippen LogP contribution in [-0.4, -0.2) is 72.6 Å². The number of anilines is 1. The molecule has 1 saturated heterocycles. The molecule has 2 aromatic heterocycles. The van der Waals surface area contributed by atoms with E-state index in [1.54, 1.807) is 25.1 Å². The second-order valence-corrected chi connectivity index (χ2v) is 13.2. The third kappa shape index (κ3) is 5.31. The first-order chi connectivity index (χ1) is 21.3. The zero-order valence-corrected chi connectivity index (χ0v) is 25.8. The van der Waals surface area contributed by atoms with Gasteiger partial charge in [0.1, 0.15) is 17.9 Å². The number of nitrogen functional groups attached to an aromatic ring is 1. The van der Waals surface area contributed by atoms with Crippen molar-refractivity contribution in [3.05, 3.63) is 36.7 Å². The lowest BCUT2D eigenvalue weighted by molar-refractivity contribution is -0.157. The molecule has 7 atom stereocenters. The molecule has 2 saturated carbocycles. The number of carbonyl (C=O) groups is 1. The molecule has 0 radical (unpaired) electrons. The van der Waals surface area contributed by atoms with Crippen molar-refractivity contribution in [2.75, 3.05) is 12.3 Å². The number of fused-ring (bicyclic) bond motifs is 2. The number of rotatable bonds is 11. The number of benzene rings is 1. The largest absolute Gasteiger partial charge is 0.476 e. The summed E-state index contributed by atoms with van der Waals surface area (Å²) < 4.78 is 75.7. The summed E-state index contributed by atoms with van der Waals surface area (Å²) in [4.78, 5) is 25.1. The molecule has 3 aliphatic rings. The molecule has 244 valence electrons. The van der Waals surface area contributed by atoms with Crippen molar-refractivity contribution in [2.24, 2.45) is 0 Å². The van der Waals surface area contributed by atoms with Crippen LogP contribution in [0.15, 0.2) is 36.7 Å². The van der Waals surface area contributed by atoms with Crippen LogP contribution in [0.5, 0.6) is 11.6 Å². The standard InChI is InChI=1S/C28H35F2N6O8P/c1-4-40-21-19-20(33-25(31)34-21)36(15-32-19)24-26(3,29)27(38)23(28(27,30)42-24)44-45(39,43-18-13-9-6-10-14-18)35-16(2)22(37)41-17-11-7-5-8-12-17/h6,9-10,13-17,23-24,38H,4-5,7-8,11-12H2,1-3H3,(H,35,39)(H2,31,33,34)/t16?,23-,24+,26-,27-,28+,45-/m0/s1. The summed E-state index contributed by atoms with van der Waals surface area (Å²) in [5, 5.41) is 13.9. The molecule has 17 heteroatoms. The van der Waals surface area contributed by atoms with Crippen molar-refractivity contribution in [1.29, 1.82) is 0 Å². The minimum atomic E-state index is -4.70. The van der Waals surface area contributed by atoms with Gasteiger partial charge in [-0.3, -0.25) is 13.9 Å². The second kappa shape index (κ2) is 11.4. The fraction of sp³-hybridized carbons (Fsp3) is 0.571. The number of nitrogens with one attached hydrogen (secondary N) is 1. The van der Waals surface area contributed by atoms with E-state index in [1.807, 2.05) is 0 Å². The third-order valence-corrected chi connectivity index (χ3v) is 9.98. The van der Waals surface area contributed by atoms with Crippen molar-refractivity contribution >= 4 is 30.8 Å². The number of nitrogens with two attached hydrogens (primary N) is 1. The van der Waals surface area contributed by atoms with E-state index in [-0.39, 0.29) is 41.5 Å². The van der Waals surface area contributed by atoms with E-state index < -0.39 is 49.2 Å². The van der Waals surface area contributed by atoms with Gasteiger partial charge in [0.2, 0.25) is 11.8 Å². The number of halogens is 2. The monoisotopic (exact) mass is 652 g/mol. The molecular weight excluding hydrogens is 617 g/mol. The van der Waals surface area contributed by atoms with Crippen LogP contribution in [0.2, 0.25) is 0 Å². The van der Waals surface area contributed by atoms with Crippen LogP contribution in [-0.2, 0) is 23.4 Å². The van der Waals surface area contributed by atoms with Gasteiger partial charge in [-0.2, -0.15) is 15.1 Å². The average Bonchev–Trinajstić information content (AvgIpc) is 3.23. The second-order valence-electron chi connectivity index (χ2n) is 11.5. The maximum absolute atomic E-state index is 16.6. The van der Waals surface area contributed by atoms with Crippen LogP contribution < -0.4 is 20.1 Å². The molecule has 1 aliphatic heterocycles. The summed E-state index contributed by atoms with van der Waals surface area (Å²) >= 11 is 0. The van der Waals surface area contributed by atoms with Gasteiger partial charge in [-0.25, -0.2) is 18.3 Å². The smallest absolute Gasteiger partial charge is 0.460 e. The molecule has 1 aromatic carbocycles. The number of nitrogens with zero attached hydrogens (tertiary/aromatic N) is 4. The fourth-order valence-corrected chi connectivity index (χ4v) is 7.63. The van der Waals surface area contributed by atoms with E-state index in [2.05, 4.69) is 20.0 Å². The number of para-hydroxylation sites is 1. The van der Waals surface area contributed by atoms with Crippen LogP contribution >= 0.6 is 7.75 Å². The Hall–Kier alpha value is -3.43. The molecule has 3 heterocycles. The molecule has 45 heavy (non-hydrogen) atoms. The van der Waals surface area contributed by atoms with Crippen LogP contribution in [0.4, 0.5) is 14.7 Å². The number of ether oxygens (including phenoxy) is 3. The zero-order valence-electron chi connectivity index (χ0n) is 24.9. The first-order valence-electron chi connectivity index (χ1n) is 14.7. The van der Waals surface area contributed by atoms with Crippen molar-refractivity contribution in [3.8, 4) is 11.6 Å². The van der Waals surface area contributed by atoms with Crippen molar-refractivity contribution < 1.29 is 46.5 Å². The van der Waals surface area contributed by atoms with Gasteiger partial charge in [0.05, 0.1) is 12.9 Å². The van der Waals surface area contributed by atoms with Gasteiger partial charge in [-0.05, 0) is 58.6 Å². The first-order valence-corrected chi connectivity index (χ1v) is 16.3. The highest BCUT2D eigenvalue weighted by Crippen LogP contribution is 2.73. The summed E-state index contributed by atoms with van der Waals surface area (Å²) in [5.74, 6) is -4.06. The van der Waals surface area contributed by atoms with Gasteiger partial charge in [0.25, 0.3) is 5.85 Å². The van der Waals surface area contributed by atoms with Crippen LogP contribution in [0.25, 0.3) is 11.2 Å². The molecule has 1 unspecified atom stereocenters. The molecule has 3 fully saturated rings. The van der Waals surface area contributed by atoms with Gasteiger partial charge >= 0.3 is 13.7 Å². The van der Waals surface area contributed by atoms with Gasteiger partial charge in [0, 0.05) is 0 Å². The lowest BCUT2D eigenvalue weighted by Crippen LogP contribution is -2.45. The molecule has 2 aliphatic carbocycles. The number of carbonyl (C=O) groups excluding carboxylic acids is 1. The Labute approximate surface area is 257 Å². The fourth-order valence-electron chi connectivity index (χ4n) is 5.93. The van der Waals surface area contributed by atoms with E-state index in [9.17, 15) is 14.5 Å². The lowest BCUT2D eigenvalue weighted by Gasteiger charge is -2.31. The number of imidazole rings is 1. The van der Waals surface area contributed by atoms with Gasteiger partial charge in [-0.1, -0.05) is 24.6 Å². The Morgan fingerprint density at radius 3 is 2.60 bits per heavy atom. The molecule has 4 N–H and O–H groups in total. The van der Waals surface area contributed by atoms with Gasteiger partial charge < -0.3 is 29.6 Å². The highest BCUT2D eigenvalue weighted by Gasteiger charge is 2.96. The number of hydrogen-bond acceptors (Lipinski definition) is 12. The maximum atomic E-state index is 16.6. The van der Waals surface area contributed by atoms with Gasteiger partial charge in [0.15, 0.2) is 34.8 Å². The minimum Gasteiger partial charge on any atom is -0.476 e. The van der Waals surface area contributed by atoms with E-state index in [0.29, 0.717) is 12.8 Å². The number of aromatic nitrogens is 4. The van der Waals surface area contributed by atoms with Crippen molar-refractivity contribution in [3.63, 3.8) is 0 Å². The Morgan fingerprint density at radius 2 is 1.96 bits per heavy atom. The highest BCUT2D eigenvalue weighted by atomic mass is 31.2. The normalized spacial score (nSPS) is 31.6. The Bertz CT molecular complexity index is 1630. The maximum Gasteiger partial charge on any atom is 0.460 e. The predicted molar refractivity (Wildman–Crippen MR) is 154 cm³/mol. The summed E-state index contributed by atoms with van der Waals surface area (Å²) in [6.07, 6.45) is 1.20. The van der Waals surface area contributed by atoms with E-state index in [4.69, 9.17) is 29.0 Å². The van der Waals surface area contributed by atoms with E-state index >= 15 is 8.78 Å². The SMILES string of the molecule is CCOc1nc(N)nc2c1ncn2[C@@H]1O[C@]2(F)[C@@H](O[P@](=O)(NC(C)C(=O)OC3CCCCC3)Oc3ccccc3)[C@]2(O)[C@@]1(C)F. The summed E-state index contributed by atoms with van der Waals surface area (Å²) in [7, 11) is -4.70. The number of alkyl halides is 2. The van der Waals surface area contributed by atoms with Crippen LogP contribution in [0.1, 0.15) is 59.1 Å². The summed E-state index contributed by atoms with van der Waals surface area (Å²) in [6.45, 7) is 4.22. The van der Waals surface area contributed by atoms with E-state index in [0.717, 1.165) is 37.1 Å². The molecule has 6 rings (SSSR count). The first kappa shape index (κ1) is 31.5. The van der Waals surface area contributed by atoms with Crippen LogP contribution in [0, 0.1) is 0 Å². The average molecular weight is 653 g/mol. The topological polar surface area (TPSA) is 182 Å². The molecular formula is C28H35F2N6O8P. The lowest BCUT2D eigenvalue weighted by atomic mass is 9.97. The van der Waals surface area contributed by atoms with Gasteiger partial charge in [-0.15, -0.1) is 0 Å². The van der Waals surface area contributed by atoms with Crippen molar-refractivity contribution in [1.82, 2.24) is 24.6 Å². The molecule has 0 bridgehead atoms. The van der Waals surface area contributed by atoms with Crippen molar-refractivity contribution in [2.45, 2.75) is 94.5 Å². The number of aliphatic hydroxyl groups is 1. The number of esters is 1. The zero-order chi connectivity index (χ0) is 32.2. The van der Waals surface area contributed by atoms with E-state index in [1.165, 1.54) is 19.1 Å². The Balaban J connectivity index is 1.25. The van der Waals surface area contributed by atoms with Crippen LogP contribution in [0.3, 0.4) is 0 Å². The summed E-state index contributed by atoms with van der Waals surface area (Å²) in [6, 6.07) is 6.53. The summed E-state index contributed by atoms with van der Waals surface area (Å²) in [5.41, 5.74) is 0.00209. The molecule has 14 nitrogen and oxygen atoms in total. The predicted octanol–water partition coefficient (Wildman–Crippen LogP) is 3.90. The third-order valence-electron chi connectivity index (χ3n) is 8.34. The molecule has 0 spiro atoms. The quantitative estimate of drug-likeness (QED) is 0.201. The Kier molecular flexibility index (Phi) is 8.01. The minimum absolute atomic E-state index is 0.0264. The molecule has 0 amide bonds. The Morgan fingerprint density at radius 1 is 1.24 bits per heavy atom. The molecule has 3 aromatic rings. The number of hydrogen-bond donors (Lipinski definition) is 3.